The maximum Gasteiger partial charge on any atom is 0.247 e. The molecule has 0 fully saturated rings. The molecule has 0 amide bonds. The Morgan fingerprint density at radius 2 is 1.73 bits per heavy atom. The summed E-state index contributed by atoms with van der Waals surface area (Å²) in [4.78, 5) is 2.19. The fourth-order valence-electron chi connectivity index (χ4n) is 4.64. The van der Waals surface area contributed by atoms with Crippen molar-refractivity contribution < 1.29 is 22.7 Å². The van der Waals surface area contributed by atoms with Crippen LogP contribution in [0, 0.1) is 18.7 Å². The fourth-order valence-corrected chi connectivity index (χ4v) is 6.47. The molecule has 0 unspecified atom stereocenters. The third-order valence-electron chi connectivity index (χ3n) is 6.91. The zero-order valence-corrected chi connectivity index (χ0v) is 22.6. The Hall–Kier alpha value is -2.78. The first-order valence-electron chi connectivity index (χ1n) is 12.5. The van der Waals surface area contributed by atoms with E-state index in [9.17, 15) is 17.9 Å². The van der Waals surface area contributed by atoms with Gasteiger partial charge in [0.2, 0.25) is 10.0 Å². The van der Waals surface area contributed by atoms with Crippen molar-refractivity contribution in [3.05, 3.63) is 83.7 Å². The van der Waals surface area contributed by atoms with Crippen LogP contribution < -0.4 is 4.74 Å². The fraction of sp³-hybridized carbons (Fsp3) is 0.379. The van der Waals surface area contributed by atoms with Crippen molar-refractivity contribution >= 4 is 10.0 Å². The van der Waals surface area contributed by atoms with Crippen LogP contribution in [0.4, 0.5) is 4.39 Å². The number of aliphatic hydroxyl groups excluding tert-OH is 1. The van der Waals surface area contributed by atoms with Crippen LogP contribution in [0.25, 0.3) is 11.1 Å². The SMILES string of the molecule is Cc1ccc(-c2ccc3c(c2)O[C@@H](CN(C)Cc2ccc(F)cc2)[C@H](C)CN([C@@H](C)CO)S3(=O)=O)cc1. The number of fused-ring (bicyclic) bond motifs is 1. The molecule has 6 nitrogen and oxygen atoms in total. The number of ether oxygens (including phenoxy) is 1. The van der Waals surface area contributed by atoms with E-state index in [1.165, 1.54) is 16.4 Å². The normalized spacial score (nSPS) is 20.5. The Morgan fingerprint density at radius 1 is 1.08 bits per heavy atom. The first kappa shape index (κ1) is 27.3. The van der Waals surface area contributed by atoms with E-state index in [0.29, 0.717) is 18.8 Å². The van der Waals surface area contributed by atoms with Crippen molar-refractivity contribution in [2.24, 2.45) is 5.92 Å². The first-order valence-corrected chi connectivity index (χ1v) is 14.0. The monoisotopic (exact) mass is 526 g/mol. The van der Waals surface area contributed by atoms with Crippen LogP contribution in [0.5, 0.6) is 5.75 Å². The predicted octanol–water partition coefficient (Wildman–Crippen LogP) is 4.70. The number of hydrogen-bond donors (Lipinski definition) is 1. The Bertz CT molecular complexity index is 1310. The lowest BCUT2D eigenvalue weighted by atomic mass is 10.0. The Balaban J connectivity index is 1.70. The van der Waals surface area contributed by atoms with Gasteiger partial charge in [0.1, 0.15) is 22.6 Å². The minimum absolute atomic E-state index is 0.0988. The van der Waals surface area contributed by atoms with Crippen molar-refractivity contribution in [3.8, 4) is 16.9 Å². The minimum Gasteiger partial charge on any atom is -0.487 e. The van der Waals surface area contributed by atoms with Crippen LogP contribution in [-0.2, 0) is 16.6 Å². The van der Waals surface area contributed by atoms with Crippen molar-refractivity contribution in [1.82, 2.24) is 9.21 Å². The highest BCUT2D eigenvalue weighted by atomic mass is 32.2. The van der Waals surface area contributed by atoms with E-state index in [2.05, 4.69) is 4.90 Å². The third kappa shape index (κ3) is 6.21. The molecule has 0 saturated carbocycles. The van der Waals surface area contributed by atoms with E-state index in [1.807, 2.05) is 45.2 Å². The topological polar surface area (TPSA) is 70.1 Å². The standard InChI is InChI=1S/C29H35FN2O4S/c1-20-5-9-24(10-6-20)25-11-14-29-27(15-25)36-28(18-31(4)17-23-7-12-26(30)13-8-23)21(2)16-32(22(3)19-33)37(29,34)35/h5-15,21-22,28,33H,16-19H2,1-4H3/t21-,22+,28+/m1/s1. The summed E-state index contributed by atoms with van der Waals surface area (Å²) in [6, 6.07) is 19.1. The Labute approximate surface area is 219 Å². The van der Waals surface area contributed by atoms with Crippen LogP contribution in [0.1, 0.15) is 25.0 Å². The van der Waals surface area contributed by atoms with E-state index in [4.69, 9.17) is 4.74 Å². The molecule has 1 aliphatic heterocycles. The number of benzene rings is 3. The molecule has 3 aromatic rings. The van der Waals surface area contributed by atoms with Gasteiger partial charge in [-0.2, -0.15) is 4.31 Å². The summed E-state index contributed by atoms with van der Waals surface area (Å²) in [7, 11) is -1.93. The molecule has 0 bridgehead atoms. The molecule has 0 radical (unpaired) electrons. The lowest BCUT2D eigenvalue weighted by Crippen LogP contribution is -2.49. The molecule has 3 atom stereocenters. The lowest BCUT2D eigenvalue weighted by molar-refractivity contribution is 0.0734. The van der Waals surface area contributed by atoms with Gasteiger partial charge in [0.25, 0.3) is 0 Å². The Kier molecular flexibility index (Phi) is 8.33. The predicted molar refractivity (Wildman–Crippen MR) is 143 cm³/mol. The van der Waals surface area contributed by atoms with Gasteiger partial charge in [-0.3, -0.25) is 4.90 Å². The van der Waals surface area contributed by atoms with Gasteiger partial charge in [-0.25, -0.2) is 12.8 Å². The summed E-state index contributed by atoms with van der Waals surface area (Å²) in [5.74, 6) is -0.126. The van der Waals surface area contributed by atoms with E-state index < -0.39 is 16.1 Å². The molecular weight excluding hydrogens is 491 g/mol. The number of sulfonamides is 1. The largest absolute Gasteiger partial charge is 0.487 e. The number of aryl methyl sites for hydroxylation is 1. The van der Waals surface area contributed by atoms with Crippen molar-refractivity contribution in [2.45, 2.75) is 44.4 Å². The quantitative estimate of drug-likeness (QED) is 0.483. The van der Waals surface area contributed by atoms with Crippen LogP contribution in [0.2, 0.25) is 0 Å². The van der Waals surface area contributed by atoms with Crippen LogP contribution in [0.3, 0.4) is 0 Å². The van der Waals surface area contributed by atoms with E-state index in [0.717, 1.165) is 22.3 Å². The molecule has 1 aliphatic rings. The summed E-state index contributed by atoms with van der Waals surface area (Å²) < 4.78 is 48.6. The highest BCUT2D eigenvalue weighted by Gasteiger charge is 2.38. The molecule has 198 valence electrons. The minimum atomic E-state index is -3.90. The number of hydrogen-bond acceptors (Lipinski definition) is 5. The molecule has 0 aliphatic carbocycles. The average molecular weight is 527 g/mol. The molecular formula is C29H35FN2O4S. The number of halogens is 1. The van der Waals surface area contributed by atoms with Crippen LogP contribution >= 0.6 is 0 Å². The van der Waals surface area contributed by atoms with Crippen LogP contribution in [0.15, 0.2) is 71.6 Å². The van der Waals surface area contributed by atoms with Gasteiger partial charge in [-0.15, -0.1) is 0 Å². The van der Waals surface area contributed by atoms with Crippen molar-refractivity contribution in [2.75, 3.05) is 26.7 Å². The number of rotatable bonds is 7. The molecule has 3 aromatic carbocycles. The van der Waals surface area contributed by atoms with Gasteiger partial charge in [0.15, 0.2) is 0 Å². The van der Waals surface area contributed by atoms with Gasteiger partial charge in [0, 0.05) is 31.6 Å². The number of aliphatic hydroxyl groups is 1. The molecule has 37 heavy (non-hydrogen) atoms. The molecule has 0 spiro atoms. The van der Waals surface area contributed by atoms with Gasteiger partial charge >= 0.3 is 0 Å². The average Bonchev–Trinajstić information content (AvgIpc) is 2.87. The second-order valence-corrected chi connectivity index (χ2v) is 11.9. The number of nitrogens with zero attached hydrogens (tertiary/aromatic N) is 2. The zero-order valence-electron chi connectivity index (χ0n) is 21.8. The third-order valence-corrected chi connectivity index (χ3v) is 8.93. The van der Waals surface area contributed by atoms with Crippen LogP contribution in [-0.4, -0.2) is 61.6 Å². The molecule has 1 N–H and O–H groups in total. The zero-order chi connectivity index (χ0) is 26.7. The van der Waals surface area contributed by atoms with Crippen molar-refractivity contribution in [3.63, 3.8) is 0 Å². The second-order valence-electron chi connectivity index (χ2n) is 10.1. The molecule has 8 heteroatoms. The summed E-state index contributed by atoms with van der Waals surface area (Å²) in [5.41, 5.74) is 3.94. The van der Waals surface area contributed by atoms with E-state index in [-0.39, 0.29) is 35.9 Å². The summed E-state index contributed by atoms with van der Waals surface area (Å²) >= 11 is 0. The smallest absolute Gasteiger partial charge is 0.247 e. The Morgan fingerprint density at radius 3 is 2.38 bits per heavy atom. The first-order chi connectivity index (χ1) is 17.6. The number of likely N-dealkylation sites (N-methyl/N-ethyl adjacent to an activating group) is 1. The van der Waals surface area contributed by atoms with Gasteiger partial charge in [-0.05, 0) is 61.9 Å². The maximum absolute atomic E-state index is 13.7. The summed E-state index contributed by atoms with van der Waals surface area (Å²) in [6.45, 7) is 6.77. The second kappa shape index (κ2) is 11.3. The van der Waals surface area contributed by atoms with E-state index in [1.54, 1.807) is 37.3 Å². The highest BCUT2D eigenvalue weighted by Crippen LogP contribution is 2.36. The molecule has 4 rings (SSSR count). The van der Waals surface area contributed by atoms with Gasteiger partial charge in [0.05, 0.1) is 6.61 Å². The molecule has 0 saturated heterocycles. The lowest BCUT2D eigenvalue weighted by Gasteiger charge is -2.37. The highest BCUT2D eigenvalue weighted by molar-refractivity contribution is 7.89. The summed E-state index contributed by atoms with van der Waals surface area (Å²) in [5, 5.41) is 9.85. The summed E-state index contributed by atoms with van der Waals surface area (Å²) in [6.07, 6.45) is -0.318. The molecule has 0 aromatic heterocycles. The maximum atomic E-state index is 13.7. The van der Waals surface area contributed by atoms with Crippen molar-refractivity contribution in [1.29, 1.82) is 0 Å². The molecule has 1 heterocycles. The van der Waals surface area contributed by atoms with Gasteiger partial charge < -0.3 is 9.84 Å². The van der Waals surface area contributed by atoms with E-state index >= 15 is 0 Å². The van der Waals surface area contributed by atoms with Gasteiger partial charge in [-0.1, -0.05) is 55.0 Å².